The fourth-order valence-corrected chi connectivity index (χ4v) is 5.05. The van der Waals surface area contributed by atoms with E-state index in [1.807, 2.05) is 30.3 Å². The van der Waals surface area contributed by atoms with Crippen LogP contribution in [0.25, 0.3) is 0 Å². The van der Waals surface area contributed by atoms with Crippen LogP contribution in [0.3, 0.4) is 0 Å². The Bertz CT molecular complexity index is 1230. The van der Waals surface area contributed by atoms with E-state index >= 15 is 0 Å². The van der Waals surface area contributed by atoms with Gasteiger partial charge in [0, 0.05) is 11.1 Å². The van der Waals surface area contributed by atoms with Crippen LogP contribution in [0.1, 0.15) is 21.6 Å². The van der Waals surface area contributed by atoms with Crippen molar-refractivity contribution in [1.29, 1.82) is 0 Å². The van der Waals surface area contributed by atoms with E-state index in [1.54, 1.807) is 23.2 Å². The van der Waals surface area contributed by atoms with Gasteiger partial charge in [-0.3, -0.25) is 14.9 Å². The Labute approximate surface area is 195 Å². The summed E-state index contributed by atoms with van der Waals surface area (Å²) in [7, 11) is 0. The zero-order valence-corrected chi connectivity index (χ0v) is 18.9. The number of hydrogen-bond acceptors (Lipinski definition) is 8. The summed E-state index contributed by atoms with van der Waals surface area (Å²) < 4.78 is 14.5. The molecule has 32 heavy (non-hydrogen) atoms. The van der Waals surface area contributed by atoms with Gasteiger partial charge in [0.1, 0.15) is 5.82 Å². The predicted molar refractivity (Wildman–Crippen MR) is 125 cm³/mol. The Balaban J connectivity index is 1.28. The summed E-state index contributed by atoms with van der Waals surface area (Å²) in [5.41, 5.74) is 1.60. The number of halogens is 1. The van der Waals surface area contributed by atoms with E-state index in [4.69, 9.17) is 0 Å². The Morgan fingerprint density at radius 3 is 2.56 bits per heavy atom. The van der Waals surface area contributed by atoms with Crippen molar-refractivity contribution in [2.24, 2.45) is 0 Å². The smallest absolute Gasteiger partial charge is 0.260 e. The quantitative estimate of drug-likeness (QED) is 0.273. The first-order chi connectivity index (χ1) is 15.6. The number of nitrogens with one attached hydrogen (secondary N) is 2. The number of benzene rings is 2. The second kappa shape index (κ2) is 10.4. The molecule has 2 aromatic heterocycles. The molecule has 162 valence electrons. The minimum Gasteiger partial charge on any atom is -0.300 e. The van der Waals surface area contributed by atoms with Crippen molar-refractivity contribution in [2.45, 2.75) is 16.5 Å². The van der Waals surface area contributed by atoms with Gasteiger partial charge in [-0.2, -0.15) is 0 Å². The third-order valence-electron chi connectivity index (χ3n) is 4.09. The van der Waals surface area contributed by atoms with Gasteiger partial charge < -0.3 is 5.32 Å². The summed E-state index contributed by atoms with van der Waals surface area (Å²) in [5, 5.41) is 15.7. The van der Waals surface area contributed by atoms with Crippen LogP contribution in [0.2, 0.25) is 0 Å². The van der Waals surface area contributed by atoms with Crippen LogP contribution < -0.4 is 10.6 Å². The topological polar surface area (TPSA) is 96.9 Å². The summed E-state index contributed by atoms with van der Waals surface area (Å²) in [6.07, 6.45) is 0.0120. The van der Waals surface area contributed by atoms with Crippen LogP contribution in [-0.2, 0) is 17.0 Å². The zero-order valence-electron chi connectivity index (χ0n) is 16.4. The normalized spacial score (nSPS) is 10.7. The van der Waals surface area contributed by atoms with E-state index in [9.17, 15) is 14.0 Å². The summed E-state index contributed by atoms with van der Waals surface area (Å²) in [4.78, 5) is 28.7. The first-order valence-electron chi connectivity index (χ1n) is 9.37. The fraction of sp³-hybridized carbons (Fsp3) is 0.0952. The molecule has 4 rings (SSSR count). The molecule has 4 aromatic rings. The number of thiazole rings is 1. The molecule has 2 aromatic carbocycles. The lowest BCUT2D eigenvalue weighted by Crippen LogP contribution is -2.15. The molecule has 0 unspecified atom stereocenters. The van der Waals surface area contributed by atoms with Crippen LogP contribution in [0.5, 0.6) is 0 Å². The van der Waals surface area contributed by atoms with Crippen LogP contribution in [-0.4, -0.2) is 27.0 Å². The van der Waals surface area contributed by atoms with E-state index in [1.165, 1.54) is 35.1 Å². The Hall–Kier alpha value is -3.15. The van der Waals surface area contributed by atoms with Gasteiger partial charge in [0.2, 0.25) is 11.0 Å². The van der Waals surface area contributed by atoms with Crippen molar-refractivity contribution in [3.8, 4) is 0 Å². The van der Waals surface area contributed by atoms with Crippen LogP contribution in [0, 0.1) is 5.82 Å². The lowest BCUT2D eigenvalue weighted by molar-refractivity contribution is -0.115. The highest BCUT2D eigenvalue weighted by atomic mass is 32.2. The van der Waals surface area contributed by atoms with Crippen molar-refractivity contribution in [1.82, 2.24) is 15.2 Å². The second-order valence-electron chi connectivity index (χ2n) is 6.45. The molecular formula is C21H16FN5O2S3. The Kier molecular flexibility index (Phi) is 7.20. The van der Waals surface area contributed by atoms with Crippen molar-refractivity contribution in [3.63, 3.8) is 0 Å². The van der Waals surface area contributed by atoms with Gasteiger partial charge in [0.25, 0.3) is 5.91 Å². The number of aromatic nitrogens is 3. The van der Waals surface area contributed by atoms with E-state index in [0.29, 0.717) is 10.8 Å². The minimum absolute atomic E-state index is 0.0120. The monoisotopic (exact) mass is 485 g/mol. The van der Waals surface area contributed by atoms with Gasteiger partial charge >= 0.3 is 0 Å². The van der Waals surface area contributed by atoms with Gasteiger partial charge in [0.15, 0.2) is 9.47 Å². The largest absolute Gasteiger partial charge is 0.300 e. The Morgan fingerprint density at radius 2 is 1.75 bits per heavy atom. The third kappa shape index (κ3) is 5.96. The molecule has 0 fully saturated rings. The number of hydrogen-bond donors (Lipinski definition) is 2. The molecule has 0 saturated carbocycles. The maximum atomic E-state index is 13.7. The zero-order chi connectivity index (χ0) is 22.3. The summed E-state index contributed by atoms with van der Waals surface area (Å²) in [6, 6.07) is 15.7. The Morgan fingerprint density at radius 1 is 0.969 bits per heavy atom. The number of carbonyl (C=O) groups is 2. The molecule has 0 aliphatic heterocycles. The fourth-order valence-electron chi connectivity index (χ4n) is 2.62. The van der Waals surface area contributed by atoms with Gasteiger partial charge in [-0.1, -0.05) is 65.6 Å². The van der Waals surface area contributed by atoms with E-state index in [0.717, 1.165) is 21.4 Å². The van der Waals surface area contributed by atoms with Crippen LogP contribution in [0.15, 0.2) is 64.3 Å². The molecule has 0 bridgehead atoms. The van der Waals surface area contributed by atoms with Crippen molar-refractivity contribution < 1.29 is 14.0 Å². The molecule has 2 amide bonds. The molecule has 0 atom stereocenters. The number of nitrogens with zero attached hydrogens (tertiary/aromatic N) is 3. The van der Waals surface area contributed by atoms with E-state index in [-0.39, 0.29) is 23.0 Å². The lowest BCUT2D eigenvalue weighted by Gasteiger charge is -2.02. The molecule has 0 aliphatic carbocycles. The summed E-state index contributed by atoms with van der Waals surface area (Å²) in [6.45, 7) is 0. The number of amides is 2. The van der Waals surface area contributed by atoms with E-state index in [2.05, 4.69) is 25.8 Å². The summed E-state index contributed by atoms with van der Waals surface area (Å²) >= 11 is 4.01. The molecule has 7 nitrogen and oxygen atoms in total. The number of carbonyl (C=O) groups excluding carboxylic acids is 2. The number of rotatable bonds is 8. The van der Waals surface area contributed by atoms with E-state index < -0.39 is 11.7 Å². The highest BCUT2D eigenvalue weighted by Crippen LogP contribution is 2.28. The molecule has 0 spiro atoms. The molecule has 2 heterocycles. The molecular weight excluding hydrogens is 469 g/mol. The lowest BCUT2D eigenvalue weighted by atomic mass is 10.2. The van der Waals surface area contributed by atoms with Crippen molar-refractivity contribution in [3.05, 3.63) is 82.6 Å². The van der Waals surface area contributed by atoms with Gasteiger partial charge in [-0.05, 0) is 17.7 Å². The molecule has 0 aliphatic rings. The van der Waals surface area contributed by atoms with Crippen molar-refractivity contribution in [2.75, 3.05) is 10.6 Å². The molecule has 11 heteroatoms. The van der Waals surface area contributed by atoms with Crippen molar-refractivity contribution >= 4 is 56.5 Å². The van der Waals surface area contributed by atoms with Crippen LogP contribution >= 0.6 is 34.4 Å². The third-order valence-corrected chi connectivity index (χ3v) is 6.94. The SMILES string of the molecule is O=C(Cc1csc(NC(=O)c2ccccc2F)n1)Nc1nnc(SCc2ccccc2)s1. The highest BCUT2D eigenvalue weighted by molar-refractivity contribution is 8.00. The maximum Gasteiger partial charge on any atom is 0.260 e. The molecule has 0 saturated heterocycles. The van der Waals surface area contributed by atoms with Gasteiger partial charge in [-0.25, -0.2) is 9.37 Å². The molecule has 2 N–H and O–H groups in total. The van der Waals surface area contributed by atoms with Crippen LogP contribution in [0.4, 0.5) is 14.7 Å². The summed E-state index contributed by atoms with van der Waals surface area (Å²) in [5.74, 6) is -0.732. The van der Waals surface area contributed by atoms with Gasteiger partial charge in [0.05, 0.1) is 17.7 Å². The first kappa shape index (κ1) is 22.1. The maximum absolute atomic E-state index is 13.7. The first-order valence-corrected chi connectivity index (χ1v) is 12.1. The second-order valence-corrected chi connectivity index (χ2v) is 9.51. The number of anilines is 2. The predicted octanol–water partition coefficient (Wildman–Crippen LogP) is 4.86. The minimum atomic E-state index is -0.612. The standard InChI is InChI=1S/C21H16FN5O2S3/c22-16-9-5-4-8-15(16)18(29)25-19-23-14(12-30-19)10-17(28)24-20-26-27-21(32-20)31-11-13-6-2-1-3-7-13/h1-9,12H,10-11H2,(H,23,25,29)(H,24,26,28). The average molecular weight is 486 g/mol. The average Bonchev–Trinajstić information content (AvgIpc) is 3.42. The number of thioether (sulfide) groups is 1. The van der Waals surface area contributed by atoms with Gasteiger partial charge in [-0.15, -0.1) is 21.5 Å². The highest BCUT2D eigenvalue weighted by Gasteiger charge is 2.15. The molecule has 0 radical (unpaired) electrons.